The van der Waals surface area contributed by atoms with Gasteiger partial charge in [0.1, 0.15) is 0 Å². The molecule has 0 aliphatic carbocycles. The van der Waals surface area contributed by atoms with Crippen LogP contribution < -0.4 is 5.32 Å². The first-order valence-corrected chi connectivity index (χ1v) is 9.07. The Bertz CT molecular complexity index is 240. The summed E-state index contributed by atoms with van der Waals surface area (Å²) < 4.78 is 0. The molecule has 1 aliphatic rings. The third kappa shape index (κ3) is 6.13. The molecule has 0 aromatic heterocycles. The fourth-order valence-corrected chi connectivity index (χ4v) is 3.57. The Labute approximate surface area is 127 Å². The van der Waals surface area contributed by atoms with Crippen LogP contribution in [0.3, 0.4) is 0 Å². The van der Waals surface area contributed by atoms with Crippen LogP contribution in [-0.2, 0) is 0 Å². The molecule has 3 atom stereocenters. The molecule has 20 heavy (non-hydrogen) atoms. The lowest BCUT2D eigenvalue weighted by atomic mass is 9.96. The molecule has 1 fully saturated rings. The van der Waals surface area contributed by atoms with Gasteiger partial charge in [-0.1, -0.05) is 53.4 Å². The highest BCUT2D eigenvalue weighted by molar-refractivity contribution is 4.88. The molecule has 1 heterocycles. The second-order valence-electron chi connectivity index (χ2n) is 7.19. The van der Waals surface area contributed by atoms with Crippen molar-refractivity contribution in [1.29, 1.82) is 0 Å². The molecule has 1 N–H and O–H groups in total. The van der Waals surface area contributed by atoms with Gasteiger partial charge in [-0.25, -0.2) is 0 Å². The standard InChI is InChI=1S/C18H38N2/c1-6-8-9-10-11-16(5)20-14-17(12-15(3)4)19-13-18(20)7-2/h15-19H,6-14H2,1-5H3. The SMILES string of the molecule is CCCCCCC(C)N1CC(CC(C)C)NCC1CC. The average Bonchev–Trinajstić information content (AvgIpc) is 2.42. The van der Waals surface area contributed by atoms with Crippen LogP contribution in [0.5, 0.6) is 0 Å². The van der Waals surface area contributed by atoms with Gasteiger partial charge < -0.3 is 5.32 Å². The zero-order valence-corrected chi connectivity index (χ0v) is 14.6. The second kappa shape index (κ2) is 9.78. The Balaban J connectivity index is 2.43. The quantitative estimate of drug-likeness (QED) is 0.629. The highest BCUT2D eigenvalue weighted by Crippen LogP contribution is 2.20. The minimum atomic E-state index is 0.705. The first kappa shape index (κ1) is 18.0. The third-order valence-corrected chi connectivity index (χ3v) is 4.81. The van der Waals surface area contributed by atoms with Crippen LogP contribution in [0, 0.1) is 5.92 Å². The monoisotopic (exact) mass is 282 g/mol. The summed E-state index contributed by atoms with van der Waals surface area (Å²) in [5, 5.41) is 3.77. The van der Waals surface area contributed by atoms with E-state index in [4.69, 9.17) is 0 Å². The smallest absolute Gasteiger partial charge is 0.0221 e. The van der Waals surface area contributed by atoms with E-state index < -0.39 is 0 Å². The molecule has 1 aliphatic heterocycles. The summed E-state index contributed by atoms with van der Waals surface area (Å²) in [6.07, 6.45) is 9.54. The molecular formula is C18H38N2. The molecule has 0 radical (unpaired) electrons. The van der Waals surface area contributed by atoms with E-state index >= 15 is 0 Å². The van der Waals surface area contributed by atoms with E-state index in [2.05, 4.69) is 44.8 Å². The van der Waals surface area contributed by atoms with E-state index in [1.807, 2.05) is 0 Å². The molecule has 120 valence electrons. The number of nitrogens with zero attached hydrogens (tertiary/aromatic N) is 1. The van der Waals surface area contributed by atoms with Gasteiger partial charge in [0, 0.05) is 31.2 Å². The molecule has 3 unspecified atom stereocenters. The van der Waals surface area contributed by atoms with Crippen molar-refractivity contribution in [3.8, 4) is 0 Å². The van der Waals surface area contributed by atoms with Crippen molar-refractivity contribution >= 4 is 0 Å². The van der Waals surface area contributed by atoms with Gasteiger partial charge in [-0.15, -0.1) is 0 Å². The third-order valence-electron chi connectivity index (χ3n) is 4.81. The number of unbranched alkanes of at least 4 members (excludes halogenated alkanes) is 3. The van der Waals surface area contributed by atoms with Gasteiger partial charge in [-0.05, 0) is 32.1 Å². The summed E-state index contributed by atoms with van der Waals surface area (Å²) in [4.78, 5) is 2.80. The summed E-state index contributed by atoms with van der Waals surface area (Å²) in [7, 11) is 0. The largest absolute Gasteiger partial charge is 0.311 e. The summed E-state index contributed by atoms with van der Waals surface area (Å²) in [6, 6.07) is 2.21. The van der Waals surface area contributed by atoms with E-state index in [1.165, 1.54) is 58.0 Å². The van der Waals surface area contributed by atoms with Gasteiger partial charge in [0.05, 0.1) is 0 Å². The van der Waals surface area contributed by atoms with Crippen LogP contribution in [0.4, 0.5) is 0 Å². The summed E-state index contributed by atoms with van der Waals surface area (Å²) in [6.45, 7) is 14.2. The first-order chi connectivity index (χ1) is 9.58. The highest BCUT2D eigenvalue weighted by atomic mass is 15.2. The van der Waals surface area contributed by atoms with Gasteiger partial charge in [0.25, 0.3) is 0 Å². The zero-order valence-electron chi connectivity index (χ0n) is 14.6. The Hall–Kier alpha value is -0.0800. The van der Waals surface area contributed by atoms with Crippen molar-refractivity contribution < 1.29 is 0 Å². The van der Waals surface area contributed by atoms with E-state index in [0.717, 1.165) is 18.0 Å². The number of rotatable bonds is 9. The maximum atomic E-state index is 3.77. The summed E-state index contributed by atoms with van der Waals surface area (Å²) in [5.74, 6) is 0.799. The van der Waals surface area contributed by atoms with E-state index in [9.17, 15) is 0 Å². The Kier molecular flexibility index (Phi) is 8.79. The van der Waals surface area contributed by atoms with E-state index in [1.54, 1.807) is 0 Å². The van der Waals surface area contributed by atoms with Gasteiger partial charge in [0.2, 0.25) is 0 Å². The molecule has 1 rings (SSSR count). The second-order valence-corrected chi connectivity index (χ2v) is 7.19. The lowest BCUT2D eigenvalue weighted by Gasteiger charge is -2.44. The van der Waals surface area contributed by atoms with Gasteiger partial charge >= 0.3 is 0 Å². The number of nitrogens with one attached hydrogen (secondary N) is 1. The number of hydrogen-bond acceptors (Lipinski definition) is 2. The van der Waals surface area contributed by atoms with Crippen LogP contribution in [0.1, 0.15) is 79.6 Å². The predicted molar refractivity (Wildman–Crippen MR) is 90.3 cm³/mol. The van der Waals surface area contributed by atoms with Crippen molar-refractivity contribution in [2.75, 3.05) is 13.1 Å². The zero-order chi connectivity index (χ0) is 15.0. The number of piperazine rings is 1. The maximum Gasteiger partial charge on any atom is 0.0221 e. The topological polar surface area (TPSA) is 15.3 Å². The molecular weight excluding hydrogens is 244 g/mol. The van der Waals surface area contributed by atoms with Crippen molar-refractivity contribution in [2.45, 2.75) is 97.7 Å². The van der Waals surface area contributed by atoms with E-state index in [0.29, 0.717) is 6.04 Å². The highest BCUT2D eigenvalue weighted by Gasteiger charge is 2.29. The number of hydrogen-bond donors (Lipinski definition) is 1. The van der Waals surface area contributed by atoms with Gasteiger partial charge in [-0.2, -0.15) is 0 Å². The van der Waals surface area contributed by atoms with Gasteiger partial charge in [0.15, 0.2) is 0 Å². The van der Waals surface area contributed by atoms with Crippen LogP contribution in [-0.4, -0.2) is 36.1 Å². The molecule has 2 nitrogen and oxygen atoms in total. The molecule has 1 saturated heterocycles. The average molecular weight is 283 g/mol. The van der Waals surface area contributed by atoms with Gasteiger partial charge in [-0.3, -0.25) is 4.90 Å². The van der Waals surface area contributed by atoms with Crippen molar-refractivity contribution in [2.24, 2.45) is 5.92 Å². The minimum absolute atomic E-state index is 0.705. The van der Waals surface area contributed by atoms with E-state index in [-0.39, 0.29) is 0 Å². The normalized spacial score (nSPS) is 26.1. The fourth-order valence-electron chi connectivity index (χ4n) is 3.57. The van der Waals surface area contributed by atoms with Crippen molar-refractivity contribution in [3.63, 3.8) is 0 Å². The predicted octanol–water partition coefficient (Wildman–Crippen LogP) is 4.44. The Morgan fingerprint density at radius 1 is 1.10 bits per heavy atom. The molecule has 0 bridgehead atoms. The summed E-state index contributed by atoms with van der Waals surface area (Å²) >= 11 is 0. The lowest BCUT2D eigenvalue weighted by molar-refractivity contribution is 0.0754. The molecule has 0 aromatic carbocycles. The molecule has 0 aromatic rings. The molecule has 0 spiro atoms. The Morgan fingerprint density at radius 2 is 1.85 bits per heavy atom. The van der Waals surface area contributed by atoms with Crippen molar-refractivity contribution in [3.05, 3.63) is 0 Å². The van der Waals surface area contributed by atoms with Crippen molar-refractivity contribution in [1.82, 2.24) is 10.2 Å². The van der Waals surface area contributed by atoms with Crippen LogP contribution in [0.2, 0.25) is 0 Å². The minimum Gasteiger partial charge on any atom is -0.311 e. The Morgan fingerprint density at radius 3 is 2.45 bits per heavy atom. The lowest BCUT2D eigenvalue weighted by Crippen LogP contribution is -2.59. The molecule has 0 amide bonds. The maximum absolute atomic E-state index is 3.77. The molecule has 0 saturated carbocycles. The first-order valence-electron chi connectivity index (χ1n) is 9.07. The van der Waals surface area contributed by atoms with Crippen LogP contribution in [0.15, 0.2) is 0 Å². The van der Waals surface area contributed by atoms with Crippen LogP contribution in [0.25, 0.3) is 0 Å². The fraction of sp³-hybridized carbons (Fsp3) is 1.00. The van der Waals surface area contributed by atoms with Crippen LogP contribution >= 0.6 is 0 Å². The molecule has 2 heteroatoms. The summed E-state index contributed by atoms with van der Waals surface area (Å²) in [5.41, 5.74) is 0.